The Morgan fingerprint density at radius 1 is 0.275 bits per heavy atom. The van der Waals surface area contributed by atoms with Crippen LogP contribution in [0, 0.1) is 0 Å². The van der Waals surface area contributed by atoms with Gasteiger partial charge in [0.15, 0.2) is 0 Å². The number of rotatable bonds is 2. The van der Waals surface area contributed by atoms with Crippen LogP contribution >= 0.6 is 11.8 Å². The molecule has 236 valence electrons. The Bertz CT molecular complexity index is 2850. The van der Waals surface area contributed by atoms with Crippen molar-refractivity contribution in [2.75, 3.05) is 0 Å². The summed E-state index contributed by atoms with van der Waals surface area (Å²) in [5, 5.41) is 15.6. The maximum Gasteiger partial charge on any atom is 0.0201 e. The lowest BCUT2D eigenvalue weighted by Crippen LogP contribution is -1.99. The Balaban J connectivity index is 1.01. The molecule has 0 saturated carbocycles. The summed E-state index contributed by atoms with van der Waals surface area (Å²) in [7, 11) is 0. The number of hydrogen-bond donors (Lipinski definition) is 0. The Hall–Kier alpha value is -6.15. The Kier molecular flexibility index (Phi) is 6.14. The van der Waals surface area contributed by atoms with E-state index in [1.807, 2.05) is 11.8 Å². The van der Waals surface area contributed by atoms with Crippen LogP contribution in [-0.2, 0) is 0 Å². The van der Waals surface area contributed by atoms with Crippen molar-refractivity contribution in [1.82, 2.24) is 0 Å². The largest absolute Gasteiger partial charge is 0.0905 e. The van der Waals surface area contributed by atoms with Crippen LogP contribution in [0.3, 0.4) is 0 Å². The minimum absolute atomic E-state index is 1.08. The highest BCUT2D eigenvalue weighted by molar-refractivity contribution is 7.99. The molecule has 51 heavy (non-hydrogen) atoms. The van der Waals surface area contributed by atoms with Crippen LogP contribution in [0.2, 0.25) is 0 Å². The molecule has 0 N–H and O–H groups in total. The summed E-state index contributed by atoms with van der Waals surface area (Å²) in [4.78, 5) is 2.51. The molecule has 0 fully saturated rings. The standard InChI is InChI=1S/C50H30S/c1-30-45-26-33(31-18-22-43-39-14-4-2-10-35(39)37-12-6-8-16-41(37)47(43)28-31)20-24-49(45)51-50-25-21-34(27-46(30)50)32-19-23-44-40-15-5-3-11-36(40)38-13-7-9-17-42(38)48(44)29-32/h2-29H,1H2. The highest BCUT2D eigenvalue weighted by Gasteiger charge is 2.22. The Morgan fingerprint density at radius 3 is 0.902 bits per heavy atom. The normalized spacial score (nSPS) is 12.7. The summed E-state index contributed by atoms with van der Waals surface area (Å²) in [5.74, 6) is 0. The van der Waals surface area contributed by atoms with Gasteiger partial charge in [-0.3, -0.25) is 0 Å². The van der Waals surface area contributed by atoms with E-state index in [0.717, 1.165) is 5.57 Å². The molecule has 0 spiro atoms. The van der Waals surface area contributed by atoms with Gasteiger partial charge in [-0.2, -0.15) is 0 Å². The monoisotopic (exact) mass is 662 g/mol. The molecule has 11 rings (SSSR count). The zero-order valence-electron chi connectivity index (χ0n) is 27.8. The second kappa shape index (κ2) is 10.9. The van der Waals surface area contributed by atoms with E-state index in [9.17, 15) is 0 Å². The number of hydrogen-bond acceptors (Lipinski definition) is 1. The van der Waals surface area contributed by atoms with Gasteiger partial charge in [0.25, 0.3) is 0 Å². The second-order valence-electron chi connectivity index (χ2n) is 13.7. The molecule has 0 aromatic heterocycles. The lowest BCUT2D eigenvalue weighted by atomic mass is 9.90. The molecular weight excluding hydrogens is 633 g/mol. The van der Waals surface area contributed by atoms with E-state index in [1.165, 1.54) is 108 Å². The third-order valence-corrected chi connectivity index (χ3v) is 12.1. The first-order valence-corrected chi connectivity index (χ1v) is 18.3. The van der Waals surface area contributed by atoms with Crippen LogP contribution < -0.4 is 0 Å². The molecule has 10 aromatic carbocycles. The van der Waals surface area contributed by atoms with Gasteiger partial charge in [-0.1, -0.05) is 152 Å². The average molecular weight is 663 g/mol. The van der Waals surface area contributed by atoms with Crippen LogP contribution in [0.1, 0.15) is 11.1 Å². The maximum absolute atomic E-state index is 4.70. The van der Waals surface area contributed by atoms with Gasteiger partial charge in [-0.25, -0.2) is 0 Å². The van der Waals surface area contributed by atoms with Crippen LogP contribution in [0.4, 0.5) is 0 Å². The molecule has 1 aliphatic heterocycles. The highest BCUT2D eigenvalue weighted by atomic mass is 32.2. The minimum Gasteiger partial charge on any atom is -0.0905 e. The molecule has 0 unspecified atom stereocenters. The van der Waals surface area contributed by atoms with Crippen molar-refractivity contribution in [3.63, 3.8) is 0 Å². The van der Waals surface area contributed by atoms with Crippen LogP contribution in [0.15, 0.2) is 186 Å². The molecule has 0 amide bonds. The fraction of sp³-hybridized carbons (Fsp3) is 0. The van der Waals surface area contributed by atoms with E-state index < -0.39 is 0 Å². The zero-order valence-corrected chi connectivity index (χ0v) is 28.6. The molecule has 0 bridgehead atoms. The molecule has 1 heteroatoms. The molecule has 0 saturated heterocycles. The summed E-state index contributed by atoms with van der Waals surface area (Å²) in [6, 6.07) is 62.8. The van der Waals surface area contributed by atoms with Crippen molar-refractivity contribution in [2.24, 2.45) is 0 Å². The van der Waals surface area contributed by atoms with E-state index >= 15 is 0 Å². The van der Waals surface area contributed by atoms with Crippen LogP contribution in [-0.4, -0.2) is 0 Å². The average Bonchev–Trinajstić information content (AvgIpc) is 3.20. The predicted octanol–water partition coefficient (Wildman–Crippen LogP) is 14.5. The Morgan fingerprint density at radius 2 is 0.549 bits per heavy atom. The van der Waals surface area contributed by atoms with Crippen molar-refractivity contribution in [3.8, 4) is 22.3 Å². The molecule has 0 atom stereocenters. The third kappa shape index (κ3) is 4.29. The fourth-order valence-corrected chi connectivity index (χ4v) is 9.60. The molecule has 0 nitrogen and oxygen atoms in total. The van der Waals surface area contributed by atoms with Crippen molar-refractivity contribution in [2.45, 2.75) is 9.79 Å². The van der Waals surface area contributed by atoms with E-state index in [4.69, 9.17) is 6.58 Å². The van der Waals surface area contributed by atoms with Gasteiger partial charge in [0.2, 0.25) is 0 Å². The SMILES string of the molecule is C=C1c2cc(-c3ccc4c5ccccc5c5ccccc5c4c3)ccc2Sc2ccc(-c3ccc4c5ccccc5c5ccccc5c4c3)cc21. The maximum atomic E-state index is 4.70. The van der Waals surface area contributed by atoms with Crippen molar-refractivity contribution >= 4 is 82.0 Å². The van der Waals surface area contributed by atoms with E-state index in [1.54, 1.807) is 0 Å². The lowest BCUT2D eigenvalue weighted by molar-refractivity contribution is 1.29. The van der Waals surface area contributed by atoms with E-state index in [0.29, 0.717) is 0 Å². The molecule has 1 heterocycles. The van der Waals surface area contributed by atoms with Gasteiger partial charge in [-0.15, -0.1) is 0 Å². The molecular formula is C50H30S. The summed E-state index contributed by atoms with van der Waals surface area (Å²) >= 11 is 1.84. The molecule has 1 aliphatic rings. The first kappa shape index (κ1) is 28.7. The van der Waals surface area contributed by atoms with E-state index in [2.05, 4.69) is 170 Å². The van der Waals surface area contributed by atoms with Crippen molar-refractivity contribution < 1.29 is 0 Å². The van der Waals surface area contributed by atoms with E-state index in [-0.39, 0.29) is 0 Å². The zero-order chi connectivity index (χ0) is 33.6. The number of benzene rings is 10. The van der Waals surface area contributed by atoms with Crippen molar-refractivity contribution in [3.05, 3.63) is 188 Å². The highest BCUT2D eigenvalue weighted by Crippen LogP contribution is 2.48. The van der Waals surface area contributed by atoms with Crippen molar-refractivity contribution in [1.29, 1.82) is 0 Å². The summed E-state index contributed by atoms with van der Waals surface area (Å²) < 4.78 is 0. The second-order valence-corrected chi connectivity index (χ2v) is 14.8. The predicted molar refractivity (Wildman–Crippen MR) is 221 cm³/mol. The topological polar surface area (TPSA) is 0 Å². The van der Waals surface area contributed by atoms with Crippen LogP contribution in [0.25, 0.3) is 92.5 Å². The summed E-state index contributed by atoms with van der Waals surface area (Å²) in [5.41, 5.74) is 8.36. The molecule has 10 aromatic rings. The van der Waals surface area contributed by atoms with Gasteiger partial charge >= 0.3 is 0 Å². The minimum atomic E-state index is 1.08. The quantitative estimate of drug-likeness (QED) is 0.166. The van der Waals surface area contributed by atoms with Gasteiger partial charge in [0.1, 0.15) is 0 Å². The Labute approximate surface area is 300 Å². The van der Waals surface area contributed by atoms with Gasteiger partial charge in [0, 0.05) is 9.79 Å². The smallest absolute Gasteiger partial charge is 0.0201 e. The number of fused-ring (bicyclic) bond motifs is 14. The first-order valence-electron chi connectivity index (χ1n) is 17.5. The van der Waals surface area contributed by atoms with Gasteiger partial charge in [-0.05, 0) is 140 Å². The van der Waals surface area contributed by atoms with Crippen LogP contribution in [0.5, 0.6) is 0 Å². The van der Waals surface area contributed by atoms with Gasteiger partial charge in [0.05, 0.1) is 0 Å². The lowest BCUT2D eigenvalue weighted by Gasteiger charge is -2.23. The molecule has 0 radical (unpaired) electrons. The third-order valence-electron chi connectivity index (χ3n) is 11.0. The summed E-state index contributed by atoms with van der Waals surface area (Å²) in [6.07, 6.45) is 0. The fourth-order valence-electron chi connectivity index (χ4n) is 8.51. The summed E-state index contributed by atoms with van der Waals surface area (Å²) in [6.45, 7) is 4.70. The molecule has 0 aliphatic carbocycles. The first-order chi connectivity index (χ1) is 25.2. The van der Waals surface area contributed by atoms with Gasteiger partial charge < -0.3 is 0 Å².